The second-order valence-electron chi connectivity index (χ2n) is 5.70. The van der Waals surface area contributed by atoms with Gasteiger partial charge in [0.15, 0.2) is 0 Å². The predicted molar refractivity (Wildman–Crippen MR) is 83.9 cm³/mol. The maximum atomic E-state index is 12.2. The maximum absolute atomic E-state index is 12.2. The Morgan fingerprint density at radius 2 is 1.76 bits per heavy atom. The van der Waals surface area contributed by atoms with E-state index in [9.17, 15) is 4.79 Å². The molecule has 21 heavy (non-hydrogen) atoms. The first-order valence-corrected chi connectivity index (χ1v) is 7.50. The largest absolute Gasteiger partial charge is 0.497 e. The minimum absolute atomic E-state index is 0.251. The van der Waals surface area contributed by atoms with Gasteiger partial charge in [0.2, 0.25) is 0 Å². The summed E-state index contributed by atoms with van der Waals surface area (Å²) in [6.45, 7) is 0. The van der Waals surface area contributed by atoms with Gasteiger partial charge in [-0.05, 0) is 53.6 Å². The Balaban J connectivity index is 1.66. The fourth-order valence-electron chi connectivity index (χ4n) is 3.04. The minimum Gasteiger partial charge on any atom is -0.497 e. The minimum atomic E-state index is 0.251. The molecule has 0 saturated heterocycles. The first-order chi connectivity index (χ1) is 10.2. The van der Waals surface area contributed by atoms with Crippen LogP contribution < -0.4 is 4.74 Å². The third-order valence-electron chi connectivity index (χ3n) is 4.10. The molecule has 0 aromatic heterocycles. The Kier molecular flexibility index (Phi) is 4.05. The van der Waals surface area contributed by atoms with Crippen molar-refractivity contribution in [2.24, 2.45) is 0 Å². The molecule has 2 aromatic carbocycles. The Hall–Kier alpha value is -2.09. The van der Waals surface area contributed by atoms with E-state index in [0.717, 1.165) is 23.3 Å². The molecule has 2 nitrogen and oxygen atoms in total. The summed E-state index contributed by atoms with van der Waals surface area (Å²) in [6.07, 6.45) is 4.58. The standard InChI is InChI=1S/C19H20O2/c1-21-19-7-2-4-14(13-19)11-18(20)12-15-8-9-16-5-3-6-17(16)10-15/h2,4,7-10,13H,3,5-6,11-12H2,1H3. The summed E-state index contributed by atoms with van der Waals surface area (Å²) < 4.78 is 5.19. The lowest BCUT2D eigenvalue weighted by Crippen LogP contribution is -2.07. The van der Waals surface area contributed by atoms with Gasteiger partial charge in [0.25, 0.3) is 0 Å². The number of fused-ring (bicyclic) bond motifs is 1. The Bertz CT molecular complexity index is 658. The van der Waals surface area contributed by atoms with Crippen LogP contribution in [0.15, 0.2) is 42.5 Å². The zero-order valence-electron chi connectivity index (χ0n) is 12.4. The number of carbonyl (C=O) groups excluding carboxylic acids is 1. The molecular formula is C19H20O2. The van der Waals surface area contributed by atoms with Crippen LogP contribution in [0.1, 0.15) is 28.7 Å². The van der Waals surface area contributed by atoms with Gasteiger partial charge in [0, 0.05) is 12.8 Å². The van der Waals surface area contributed by atoms with Crippen molar-refractivity contribution in [2.75, 3.05) is 7.11 Å². The van der Waals surface area contributed by atoms with Gasteiger partial charge in [-0.1, -0.05) is 30.3 Å². The first kappa shape index (κ1) is 13.9. The fourth-order valence-corrected chi connectivity index (χ4v) is 3.04. The van der Waals surface area contributed by atoms with Crippen LogP contribution in [-0.4, -0.2) is 12.9 Å². The van der Waals surface area contributed by atoms with Crippen molar-refractivity contribution in [3.8, 4) is 5.75 Å². The zero-order chi connectivity index (χ0) is 14.7. The highest BCUT2D eigenvalue weighted by atomic mass is 16.5. The quantitative estimate of drug-likeness (QED) is 0.837. The highest BCUT2D eigenvalue weighted by molar-refractivity contribution is 5.83. The van der Waals surface area contributed by atoms with E-state index in [4.69, 9.17) is 4.74 Å². The fraction of sp³-hybridized carbons (Fsp3) is 0.316. The lowest BCUT2D eigenvalue weighted by atomic mass is 9.99. The number of hydrogen-bond acceptors (Lipinski definition) is 2. The average molecular weight is 280 g/mol. The summed E-state index contributed by atoms with van der Waals surface area (Å²) in [5.74, 6) is 1.05. The second-order valence-corrected chi connectivity index (χ2v) is 5.70. The molecule has 0 heterocycles. The van der Waals surface area contributed by atoms with E-state index in [1.807, 2.05) is 24.3 Å². The van der Waals surface area contributed by atoms with Gasteiger partial charge in [-0.15, -0.1) is 0 Å². The highest BCUT2D eigenvalue weighted by Gasteiger charge is 2.12. The van der Waals surface area contributed by atoms with E-state index in [0.29, 0.717) is 12.8 Å². The van der Waals surface area contributed by atoms with Crippen LogP contribution in [0.5, 0.6) is 5.75 Å². The van der Waals surface area contributed by atoms with E-state index in [1.165, 1.54) is 24.0 Å². The Labute approximate surface area is 125 Å². The van der Waals surface area contributed by atoms with Crippen LogP contribution in [0, 0.1) is 0 Å². The molecule has 3 rings (SSSR count). The molecular weight excluding hydrogens is 260 g/mol. The molecule has 2 heteroatoms. The monoisotopic (exact) mass is 280 g/mol. The summed E-state index contributed by atoms with van der Waals surface area (Å²) in [5, 5.41) is 0. The topological polar surface area (TPSA) is 26.3 Å². The number of hydrogen-bond donors (Lipinski definition) is 0. The average Bonchev–Trinajstić information content (AvgIpc) is 2.95. The summed E-state index contributed by atoms with van der Waals surface area (Å²) in [6, 6.07) is 14.2. The third-order valence-corrected chi connectivity index (χ3v) is 4.10. The van der Waals surface area contributed by atoms with Crippen LogP contribution in [0.2, 0.25) is 0 Å². The van der Waals surface area contributed by atoms with Crippen LogP contribution in [0.3, 0.4) is 0 Å². The van der Waals surface area contributed by atoms with Gasteiger partial charge in [-0.3, -0.25) is 4.79 Å². The van der Waals surface area contributed by atoms with Gasteiger partial charge >= 0.3 is 0 Å². The molecule has 0 N–H and O–H groups in total. The molecule has 108 valence electrons. The number of rotatable bonds is 5. The van der Waals surface area contributed by atoms with Crippen LogP contribution in [-0.2, 0) is 30.5 Å². The molecule has 0 spiro atoms. The number of ketones is 1. The number of ether oxygens (including phenoxy) is 1. The molecule has 0 unspecified atom stereocenters. The van der Waals surface area contributed by atoms with E-state index in [1.54, 1.807) is 7.11 Å². The summed E-state index contributed by atoms with van der Waals surface area (Å²) in [4.78, 5) is 12.2. The van der Waals surface area contributed by atoms with Crippen molar-refractivity contribution < 1.29 is 9.53 Å². The van der Waals surface area contributed by atoms with Crippen molar-refractivity contribution >= 4 is 5.78 Å². The number of methoxy groups -OCH3 is 1. The zero-order valence-corrected chi connectivity index (χ0v) is 12.4. The molecule has 0 saturated carbocycles. The smallest absolute Gasteiger partial charge is 0.141 e. The van der Waals surface area contributed by atoms with E-state index < -0.39 is 0 Å². The second kappa shape index (κ2) is 6.13. The molecule has 0 amide bonds. The number of benzene rings is 2. The van der Waals surface area contributed by atoms with E-state index in [2.05, 4.69) is 18.2 Å². The van der Waals surface area contributed by atoms with E-state index in [-0.39, 0.29) is 5.78 Å². The molecule has 1 aliphatic rings. The Morgan fingerprint density at radius 1 is 1.00 bits per heavy atom. The molecule has 0 atom stereocenters. The number of carbonyl (C=O) groups is 1. The predicted octanol–water partition coefficient (Wildman–Crippen LogP) is 3.54. The SMILES string of the molecule is COc1cccc(CC(=O)Cc2ccc3c(c2)CCC3)c1. The third kappa shape index (κ3) is 3.33. The molecule has 0 radical (unpaired) electrons. The van der Waals surface area contributed by atoms with Crippen molar-refractivity contribution in [3.05, 3.63) is 64.7 Å². The lowest BCUT2D eigenvalue weighted by molar-refractivity contribution is -0.117. The van der Waals surface area contributed by atoms with Gasteiger partial charge < -0.3 is 4.74 Å². The first-order valence-electron chi connectivity index (χ1n) is 7.50. The van der Waals surface area contributed by atoms with Gasteiger partial charge in [-0.2, -0.15) is 0 Å². The van der Waals surface area contributed by atoms with Gasteiger partial charge in [0.1, 0.15) is 11.5 Å². The highest BCUT2D eigenvalue weighted by Crippen LogP contribution is 2.23. The van der Waals surface area contributed by atoms with Crippen LogP contribution in [0.25, 0.3) is 0 Å². The van der Waals surface area contributed by atoms with Crippen molar-refractivity contribution in [1.29, 1.82) is 0 Å². The number of aryl methyl sites for hydroxylation is 2. The van der Waals surface area contributed by atoms with Crippen molar-refractivity contribution in [2.45, 2.75) is 32.1 Å². The Morgan fingerprint density at radius 3 is 2.57 bits per heavy atom. The lowest BCUT2D eigenvalue weighted by Gasteiger charge is -2.06. The molecule has 0 bridgehead atoms. The van der Waals surface area contributed by atoms with E-state index >= 15 is 0 Å². The summed E-state index contributed by atoms with van der Waals surface area (Å²) >= 11 is 0. The number of Topliss-reactive ketones (excluding diaryl/α,β-unsaturated/α-hetero) is 1. The van der Waals surface area contributed by atoms with Crippen molar-refractivity contribution in [1.82, 2.24) is 0 Å². The molecule has 1 aliphatic carbocycles. The normalized spacial score (nSPS) is 13.0. The van der Waals surface area contributed by atoms with Crippen LogP contribution >= 0.6 is 0 Å². The maximum Gasteiger partial charge on any atom is 0.141 e. The van der Waals surface area contributed by atoms with Gasteiger partial charge in [0.05, 0.1) is 7.11 Å². The van der Waals surface area contributed by atoms with Gasteiger partial charge in [-0.25, -0.2) is 0 Å². The summed E-state index contributed by atoms with van der Waals surface area (Å²) in [7, 11) is 1.64. The summed E-state index contributed by atoms with van der Waals surface area (Å²) in [5.41, 5.74) is 5.05. The molecule has 0 fully saturated rings. The molecule has 0 aliphatic heterocycles. The van der Waals surface area contributed by atoms with Crippen LogP contribution in [0.4, 0.5) is 0 Å². The molecule has 2 aromatic rings. The van der Waals surface area contributed by atoms with Crippen molar-refractivity contribution in [3.63, 3.8) is 0 Å².